The SMILES string of the molecule is CCn1ncc(CCl)c1C. The maximum absolute atomic E-state index is 5.65. The first-order valence-electron chi connectivity index (χ1n) is 3.36. The zero-order valence-corrected chi connectivity index (χ0v) is 7.02. The van der Waals surface area contributed by atoms with E-state index in [2.05, 4.69) is 12.0 Å². The predicted molar refractivity (Wildman–Crippen MR) is 42.2 cm³/mol. The first-order valence-corrected chi connectivity index (χ1v) is 3.90. The van der Waals surface area contributed by atoms with Crippen LogP contribution in [-0.4, -0.2) is 9.78 Å². The molecular formula is C7H11ClN2. The Labute approximate surface area is 65.8 Å². The van der Waals surface area contributed by atoms with E-state index in [0.29, 0.717) is 5.88 Å². The van der Waals surface area contributed by atoms with Crippen LogP contribution in [0.25, 0.3) is 0 Å². The molecule has 0 aliphatic rings. The fraction of sp³-hybridized carbons (Fsp3) is 0.571. The third-order valence-electron chi connectivity index (χ3n) is 1.65. The minimum absolute atomic E-state index is 0.561. The van der Waals surface area contributed by atoms with Gasteiger partial charge in [-0.1, -0.05) is 0 Å². The molecule has 10 heavy (non-hydrogen) atoms. The molecule has 1 rings (SSSR count). The summed E-state index contributed by atoms with van der Waals surface area (Å²) >= 11 is 5.65. The summed E-state index contributed by atoms with van der Waals surface area (Å²) in [5.74, 6) is 0.561. The van der Waals surface area contributed by atoms with Gasteiger partial charge in [-0.25, -0.2) is 0 Å². The summed E-state index contributed by atoms with van der Waals surface area (Å²) in [6.45, 7) is 5.02. The van der Waals surface area contributed by atoms with Crippen LogP contribution >= 0.6 is 11.6 Å². The molecule has 0 fully saturated rings. The normalized spacial score (nSPS) is 10.3. The average Bonchev–Trinajstić information content (AvgIpc) is 2.30. The lowest BCUT2D eigenvalue weighted by Gasteiger charge is -1.98. The summed E-state index contributed by atoms with van der Waals surface area (Å²) in [4.78, 5) is 0. The van der Waals surface area contributed by atoms with Crippen molar-refractivity contribution in [3.05, 3.63) is 17.5 Å². The summed E-state index contributed by atoms with van der Waals surface area (Å²) in [5, 5.41) is 4.14. The average molecular weight is 159 g/mol. The van der Waals surface area contributed by atoms with Crippen LogP contribution in [0.1, 0.15) is 18.2 Å². The summed E-state index contributed by atoms with van der Waals surface area (Å²) in [7, 11) is 0. The van der Waals surface area contributed by atoms with Gasteiger partial charge in [-0.3, -0.25) is 4.68 Å². The van der Waals surface area contributed by atoms with Gasteiger partial charge in [0.05, 0.1) is 12.1 Å². The number of hydrogen-bond acceptors (Lipinski definition) is 1. The van der Waals surface area contributed by atoms with Crippen LogP contribution in [0, 0.1) is 6.92 Å². The zero-order chi connectivity index (χ0) is 7.56. The van der Waals surface area contributed by atoms with Gasteiger partial charge in [0.1, 0.15) is 0 Å². The summed E-state index contributed by atoms with van der Waals surface area (Å²) in [6.07, 6.45) is 1.83. The predicted octanol–water partition coefficient (Wildman–Crippen LogP) is 1.95. The molecule has 2 nitrogen and oxygen atoms in total. The Hall–Kier alpha value is -0.500. The Morgan fingerprint density at radius 3 is 2.70 bits per heavy atom. The smallest absolute Gasteiger partial charge is 0.0536 e. The molecule has 0 N–H and O–H groups in total. The second-order valence-electron chi connectivity index (χ2n) is 2.20. The third-order valence-corrected chi connectivity index (χ3v) is 1.94. The highest BCUT2D eigenvalue weighted by molar-refractivity contribution is 6.17. The van der Waals surface area contributed by atoms with Gasteiger partial charge in [0.15, 0.2) is 0 Å². The van der Waals surface area contributed by atoms with Crippen molar-refractivity contribution in [2.75, 3.05) is 0 Å². The number of rotatable bonds is 2. The minimum Gasteiger partial charge on any atom is -0.270 e. The van der Waals surface area contributed by atoms with Crippen molar-refractivity contribution in [3.8, 4) is 0 Å². The Morgan fingerprint density at radius 2 is 2.40 bits per heavy atom. The van der Waals surface area contributed by atoms with Crippen LogP contribution in [0.5, 0.6) is 0 Å². The van der Waals surface area contributed by atoms with Crippen LogP contribution in [0.15, 0.2) is 6.20 Å². The van der Waals surface area contributed by atoms with Crippen LogP contribution in [0.3, 0.4) is 0 Å². The van der Waals surface area contributed by atoms with E-state index in [1.54, 1.807) is 0 Å². The van der Waals surface area contributed by atoms with Crippen molar-refractivity contribution in [1.29, 1.82) is 0 Å². The molecule has 1 heterocycles. The second-order valence-corrected chi connectivity index (χ2v) is 2.47. The van der Waals surface area contributed by atoms with Gasteiger partial charge in [-0.15, -0.1) is 11.6 Å². The summed E-state index contributed by atoms with van der Waals surface area (Å²) in [6, 6.07) is 0. The molecule has 0 aliphatic heterocycles. The molecule has 0 radical (unpaired) electrons. The number of hydrogen-bond donors (Lipinski definition) is 0. The number of aryl methyl sites for hydroxylation is 1. The number of halogens is 1. The van der Waals surface area contributed by atoms with E-state index in [0.717, 1.165) is 12.1 Å². The molecule has 0 saturated heterocycles. The highest BCUT2D eigenvalue weighted by atomic mass is 35.5. The Kier molecular flexibility index (Phi) is 2.33. The van der Waals surface area contributed by atoms with E-state index in [-0.39, 0.29) is 0 Å². The van der Waals surface area contributed by atoms with Crippen LogP contribution in [0.2, 0.25) is 0 Å². The van der Waals surface area contributed by atoms with Crippen LogP contribution in [0.4, 0.5) is 0 Å². The lowest BCUT2D eigenvalue weighted by atomic mass is 10.3. The van der Waals surface area contributed by atoms with Crippen molar-refractivity contribution in [3.63, 3.8) is 0 Å². The third kappa shape index (κ3) is 1.16. The molecule has 0 aromatic carbocycles. The fourth-order valence-corrected chi connectivity index (χ4v) is 1.20. The van der Waals surface area contributed by atoms with Gasteiger partial charge in [0, 0.05) is 17.8 Å². The molecule has 0 unspecified atom stereocenters. The highest BCUT2D eigenvalue weighted by Gasteiger charge is 2.01. The lowest BCUT2D eigenvalue weighted by Crippen LogP contribution is -1.98. The van der Waals surface area contributed by atoms with Crippen molar-refractivity contribution in [2.24, 2.45) is 0 Å². The van der Waals surface area contributed by atoms with Crippen molar-refractivity contribution >= 4 is 11.6 Å². The Morgan fingerprint density at radius 1 is 1.70 bits per heavy atom. The first-order chi connectivity index (χ1) is 4.79. The van der Waals surface area contributed by atoms with E-state index in [1.165, 1.54) is 5.69 Å². The Bertz CT molecular complexity index is 196. The van der Waals surface area contributed by atoms with Crippen molar-refractivity contribution < 1.29 is 0 Å². The maximum Gasteiger partial charge on any atom is 0.0536 e. The van der Waals surface area contributed by atoms with E-state index < -0.39 is 0 Å². The van der Waals surface area contributed by atoms with E-state index in [9.17, 15) is 0 Å². The van der Waals surface area contributed by atoms with Gasteiger partial charge in [-0.2, -0.15) is 5.10 Å². The van der Waals surface area contributed by atoms with E-state index in [4.69, 9.17) is 11.6 Å². The first kappa shape index (κ1) is 7.61. The number of aromatic nitrogens is 2. The summed E-state index contributed by atoms with van der Waals surface area (Å²) < 4.78 is 1.94. The number of nitrogens with zero attached hydrogens (tertiary/aromatic N) is 2. The van der Waals surface area contributed by atoms with Crippen molar-refractivity contribution in [2.45, 2.75) is 26.3 Å². The van der Waals surface area contributed by atoms with Gasteiger partial charge in [0.2, 0.25) is 0 Å². The molecule has 0 aliphatic carbocycles. The van der Waals surface area contributed by atoms with E-state index >= 15 is 0 Å². The fourth-order valence-electron chi connectivity index (χ4n) is 0.935. The standard InChI is InChI=1S/C7H11ClN2/c1-3-10-6(2)7(4-8)5-9-10/h5H,3-4H2,1-2H3. The largest absolute Gasteiger partial charge is 0.270 e. The molecule has 0 bridgehead atoms. The van der Waals surface area contributed by atoms with Crippen molar-refractivity contribution in [1.82, 2.24) is 9.78 Å². The topological polar surface area (TPSA) is 17.8 Å². The molecule has 56 valence electrons. The van der Waals surface area contributed by atoms with Crippen LogP contribution in [-0.2, 0) is 12.4 Å². The molecule has 1 aromatic rings. The zero-order valence-electron chi connectivity index (χ0n) is 6.26. The molecule has 0 spiro atoms. The lowest BCUT2D eigenvalue weighted by molar-refractivity contribution is 0.639. The Balaban J connectivity index is 2.97. The molecule has 0 amide bonds. The molecule has 3 heteroatoms. The van der Waals surface area contributed by atoms with Gasteiger partial charge in [0.25, 0.3) is 0 Å². The minimum atomic E-state index is 0.561. The molecule has 0 saturated carbocycles. The maximum atomic E-state index is 5.65. The van der Waals surface area contributed by atoms with Gasteiger partial charge < -0.3 is 0 Å². The molecule has 1 aromatic heterocycles. The number of alkyl halides is 1. The highest BCUT2D eigenvalue weighted by Crippen LogP contribution is 2.08. The summed E-state index contributed by atoms with van der Waals surface area (Å²) in [5.41, 5.74) is 2.31. The van der Waals surface area contributed by atoms with Gasteiger partial charge in [-0.05, 0) is 13.8 Å². The molecular weight excluding hydrogens is 148 g/mol. The quantitative estimate of drug-likeness (QED) is 0.602. The molecule has 0 atom stereocenters. The van der Waals surface area contributed by atoms with Crippen LogP contribution < -0.4 is 0 Å². The second kappa shape index (κ2) is 3.06. The van der Waals surface area contributed by atoms with Gasteiger partial charge >= 0.3 is 0 Å². The van der Waals surface area contributed by atoms with E-state index in [1.807, 2.05) is 17.8 Å². The monoisotopic (exact) mass is 158 g/mol.